The van der Waals surface area contributed by atoms with Crippen LogP contribution in [0.5, 0.6) is 0 Å². The monoisotopic (exact) mass is 338 g/mol. The summed E-state index contributed by atoms with van der Waals surface area (Å²) in [7, 11) is 0. The van der Waals surface area contributed by atoms with Crippen LogP contribution in [0.4, 0.5) is 4.39 Å². The lowest BCUT2D eigenvalue weighted by Gasteiger charge is -2.08. The fraction of sp³-hybridized carbons (Fsp3) is 0.333. The molecule has 1 aromatic heterocycles. The summed E-state index contributed by atoms with van der Waals surface area (Å²) in [5, 5.41) is 4.36. The van der Waals surface area contributed by atoms with E-state index in [0.717, 1.165) is 6.42 Å². The molecule has 5 heteroatoms. The summed E-state index contributed by atoms with van der Waals surface area (Å²) < 4.78 is 16.2. The highest BCUT2D eigenvalue weighted by Gasteiger charge is 2.15. The van der Waals surface area contributed by atoms with Crippen LogP contribution >= 0.6 is 15.9 Å². The van der Waals surface area contributed by atoms with Crippen LogP contribution in [-0.4, -0.2) is 15.6 Å². The Morgan fingerprint density at radius 3 is 2.90 bits per heavy atom. The highest BCUT2D eigenvalue weighted by Crippen LogP contribution is 2.18. The Labute approximate surface area is 125 Å². The molecule has 0 saturated carbocycles. The van der Waals surface area contributed by atoms with Crippen molar-refractivity contribution in [3.8, 4) is 0 Å². The lowest BCUT2D eigenvalue weighted by Crippen LogP contribution is -2.09. The Morgan fingerprint density at radius 2 is 2.20 bits per heavy atom. The normalized spacial score (nSPS) is 12.4. The third-order valence-corrected chi connectivity index (χ3v) is 3.77. The van der Waals surface area contributed by atoms with E-state index in [1.165, 1.54) is 12.1 Å². The third kappa shape index (κ3) is 3.33. The van der Waals surface area contributed by atoms with Crippen LogP contribution < -0.4 is 0 Å². The third-order valence-electron chi connectivity index (χ3n) is 3.28. The van der Waals surface area contributed by atoms with Gasteiger partial charge in [-0.25, -0.2) is 4.39 Å². The maximum Gasteiger partial charge on any atom is 0.171 e. The molecule has 1 heterocycles. The van der Waals surface area contributed by atoms with Crippen LogP contribution in [-0.2, 0) is 6.42 Å². The van der Waals surface area contributed by atoms with E-state index in [2.05, 4.69) is 34.9 Å². The minimum absolute atomic E-state index is 0.0949. The van der Waals surface area contributed by atoms with Crippen molar-refractivity contribution in [1.82, 2.24) is 9.78 Å². The van der Waals surface area contributed by atoms with Crippen molar-refractivity contribution < 1.29 is 9.18 Å². The second-order valence-electron chi connectivity index (χ2n) is 4.77. The molecule has 20 heavy (non-hydrogen) atoms. The van der Waals surface area contributed by atoms with E-state index in [1.54, 1.807) is 12.1 Å². The Kier molecular flexibility index (Phi) is 4.70. The number of Topliss-reactive ketones (excluding diaryl/α,β-unsaturated/α-hetero) is 1. The van der Waals surface area contributed by atoms with Crippen LogP contribution in [0.2, 0.25) is 0 Å². The number of carbonyl (C=O) groups is 1. The molecule has 0 bridgehead atoms. The van der Waals surface area contributed by atoms with E-state index in [4.69, 9.17) is 0 Å². The van der Waals surface area contributed by atoms with Crippen LogP contribution in [0.1, 0.15) is 42.4 Å². The molecular weight excluding hydrogens is 323 g/mol. The Bertz CT molecular complexity index is 624. The molecule has 2 rings (SSSR count). The van der Waals surface area contributed by atoms with Crippen LogP contribution in [0.3, 0.4) is 0 Å². The molecule has 0 aliphatic carbocycles. The minimum atomic E-state index is -0.500. The summed E-state index contributed by atoms with van der Waals surface area (Å²) in [4.78, 5) is 12.1. The molecule has 106 valence electrons. The topological polar surface area (TPSA) is 34.9 Å². The molecule has 1 aromatic carbocycles. The number of ketones is 1. The summed E-state index contributed by atoms with van der Waals surface area (Å²) in [6, 6.07) is 6.46. The molecule has 2 aromatic rings. The van der Waals surface area contributed by atoms with Gasteiger partial charge in [0.05, 0.1) is 17.7 Å². The second-order valence-corrected chi connectivity index (χ2v) is 5.68. The highest BCUT2D eigenvalue weighted by molar-refractivity contribution is 9.10. The van der Waals surface area contributed by atoms with Gasteiger partial charge >= 0.3 is 0 Å². The van der Waals surface area contributed by atoms with E-state index in [1.807, 2.05) is 10.9 Å². The predicted molar refractivity (Wildman–Crippen MR) is 79.4 cm³/mol. The summed E-state index contributed by atoms with van der Waals surface area (Å²) in [6.07, 6.45) is 2.93. The Morgan fingerprint density at radius 1 is 1.45 bits per heavy atom. The molecule has 0 fully saturated rings. The number of nitrogens with zero attached hydrogens (tertiary/aromatic N) is 2. The summed E-state index contributed by atoms with van der Waals surface area (Å²) in [5.74, 6) is -0.766. The number of hydrogen-bond acceptors (Lipinski definition) is 2. The van der Waals surface area contributed by atoms with Gasteiger partial charge in [0.15, 0.2) is 5.78 Å². The van der Waals surface area contributed by atoms with Gasteiger partial charge in [0, 0.05) is 16.7 Å². The first-order valence-electron chi connectivity index (χ1n) is 6.53. The van der Waals surface area contributed by atoms with Crippen molar-refractivity contribution in [2.45, 2.75) is 32.7 Å². The average molecular weight is 339 g/mol. The van der Waals surface area contributed by atoms with Gasteiger partial charge in [-0.05, 0) is 37.6 Å². The van der Waals surface area contributed by atoms with Gasteiger partial charge in [0.2, 0.25) is 0 Å². The lowest BCUT2D eigenvalue weighted by molar-refractivity contribution is 0.0987. The van der Waals surface area contributed by atoms with Crippen LogP contribution in [0.15, 0.2) is 34.9 Å². The fourth-order valence-corrected chi connectivity index (χ4v) is 2.24. The van der Waals surface area contributed by atoms with Gasteiger partial charge in [-0.1, -0.05) is 22.9 Å². The minimum Gasteiger partial charge on any atom is -0.294 e. The van der Waals surface area contributed by atoms with Gasteiger partial charge < -0.3 is 0 Å². The number of aromatic nitrogens is 2. The molecule has 0 saturated heterocycles. The van der Waals surface area contributed by atoms with E-state index >= 15 is 0 Å². The van der Waals surface area contributed by atoms with Crippen LogP contribution in [0.25, 0.3) is 0 Å². The Balaban J connectivity index is 2.15. The van der Waals surface area contributed by atoms with Crippen molar-refractivity contribution in [3.63, 3.8) is 0 Å². The number of carbonyl (C=O) groups excluding carboxylic acids is 1. The van der Waals surface area contributed by atoms with Gasteiger partial charge in [-0.2, -0.15) is 5.10 Å². The van der Waals surface area contributed by atoms with Crippen molar-refractivity contribution >= 4 is 21.7 Å². The largest absolute Gasteiger partial charge is 0.294 e. The maximum atomic E-state index is 13.6. The number of hydrogen-bond donors (Lipinski definition) is 0. The molecule has 0 radical (unpaired) electrons. The molecule has 0 aliphatic rings. The van der Waals surface area contributed by atoms with Gasteiger partial charge in [0.1, 0.15) is 5.82 Å². The molecule has 0 aliphatic heterocycles. The summed E-state index contributed by atoms with van der Waals surface area (Å²) in [5.41, 5.74) is 0.757. The van der Waals surface area contributed by atoms with E-state index in [-0.39, 0.29) is 17.8 Å². The zero-order valence-electron chi connectivity index (χ0n) is 11.4. The molecular formula is C15H16BrFN2O. The van der Waals surface area contributed by atoms with Crippen molar-refractivity contribution in [3.05, 3.63) is 52.0 Å². The number of rotatable bonds is 5. The number of benzene rings is 1. The first-order valence-corrected chi connectivity index (χ1v) is 7.32. The predicted octanol–water partition coefficient (Wildman–Crippen LogP) is 4.18. The second kappa shape index (κ2) is 6.31. The van der Waals surface area contributed by atoms with Gasteiger partial charge in [-0.3, -0.25) is 9.48 Å². The zero-order valence-corrected chi connectivity index (χ0v) is 13.0. The molecule has 0 N–H and O–H groups in total. The summed E-state index contributed by atoms with van der Waals surface area (Å²) in [6.45, 7) is 4.14. The molecule has 1 unspecified atom stereocenters. The SMILES string of the molecule is CCC(C)n1ccc(CC(=O)c2cc(Br)ccc2F)n1. The zero-order chi connectivity index (χ0) is 14.7. The molecule has 0 spiro atoms. The average Bonchev–Trinajstić information content (AvgIpc) is 2.89. The molecule has 1 atom stereocenters. The van der Waals surface area contributed by atoms with Gasteiger partial charge in [-0.15, -0.1) is 0 Å². The van der Waals surface area contributed by atoms with Crippen molar-refractivity contribution in [1.29, 1.82) is 0 Å². The number of halogens is 2. The van der Waals surface area contributed by atoms with E-state index < -0.39 is 5.82 Å². The Hall–Kier alpha value is -1.49. The quantitative estimate of drug-likeness (QED) is 0.766. The van der Waals surface area contributed by atoms with Gasteiger partial charge in [0.25, 0.3) is 0 Å². The van der Waals surface area contributed by atoms with Crippen molar-refractivity contribution in [2.24, 2.45) is 0 Å². The lowest BCUT2D eigenvalue weighted by atomic mass is 10.1. The standard InChI is InChI=1S/C15H16BrFN2O/c1-3-10(2)19-7-6-12(18-19)9-15(20)13-8-11(16)4-5-14(13)17/h4-8,10H,3,9H2,1-2H3. The first kappa shape index (κ1) is 14.9. The highest BCUT2D eigenvalue weighted by atomic mass is 79.9. The molecule has 0 amide bonds. The first-order chi connectivity index (χ1) is 9.51. The maximum absolute atomic E-state index is 13.6. The van der Waals surface area contributed by atoms with E-state index in [0.29, 0.717) is 16.2 Å². The summed E-state index contributed by atoms with van der Waals surface area (Å²) >= 11 is 3.24. The van der Waals surface area contributed by atoms with Crippen molar-refractivity contribution in [2.75, 3.05) is 0 Å². The fourth-order valence-electron chi connectivity index (χ4n) is 1.88. The molecule has 3 nitrogen and oxygen atoms in total. The van der Waals surface area contributed by atoms with E-state index in [9.17, 15) is 9.18 Å². The van der Waals surface area contributed by atoms with Crippen LogP contribution in [0, 0.1) is 5.82 Å². The smallest absolute Gasteiger partial charge is 0.171 e.